The highest BCUT2D eigenvalue weighted by Gasteiger charge is 2.36. The lowest BCUT2D eigenvalue weighted by molar-refractivity contribution is -0.145. The summed E-state index contributed by atoms with van der Waals surface area (Å²) in [7, 11) is 0. The van der Waals surface area contributed by atoms with Gasteiger partial charge in [0.25, 0.3) is 11.1 Å². The Kier molecular flexibility index (Phi) is 6.19. The number of rotatable bonds is 5. The molecule has 1 aromatic heterocycles. The number of nitrogens with zero attached hydrogens (tertiary/aromatic N) is 2. The van der Waals surface area contributed by atoms with Crippen molar-refractivity contribution in [3.8, 4) is 5.69 Å². The molecular weight excluding hydrogens is 412 g/mol. The molecule has 0 atom stereocenters. The zero-order valence-corrected chi connectivity index (χ0v) is 18.2. The molecule has 0 saturated carbocycles. The number of halogens is 1. The van der Waals surface area contributed by atoms with Gasteiger partial charge in [0.2, 0.25) is 0 Å². The fourth-order valence-corrected chi connectivity index (χ4v) is 4.25. The first kappa shape index (κ1) is 21.2. The van der Waals surface area contributed by atoms with E-state index in [1.54, 1.807) is 13.0 Å². The van der Waals surface area contributed by atoms with E-state index in [1.165, 1.54) is 0 Å². The summed E-state index contributed by atoms with van der Waals surface area (Å²) in [6.07, 6.45) is 1.69. The maximum atomic E-state index is 12.6. The van der Waals surface area contributed by atoms with Gasteiger partial charge in [-0.15, -0.1) is 0 Å². The van der Waals surface area contributed by atoms with Crippen LogP contribution in [0.1, 0.15) is 29.4 Å². The van der Waals surface area contributed by atoms with Crippen molar-refractivity contribution < 1.29 is 19.1 Å². The monoisotopic (exact) mass is 432 g/mol. The minimum Gasteiger partial charge on any atom is -0.465 e. The van der Waals surface area contributed by atoms with Crippen molar-refractivity contribution in [3.63, 3.8) is 0 Å². The molecule has 1 fully saturated rings. The number of ether oxygens (including phenoxy) is 1. The Bertz CT molecular complexity index is 1040. The van der Waals surface area contributed by atoms with Crippen LogP contribution in [0.15, 0.2) is 29.2 Å². The fraction of sp³-hybridized carbons (Fsp3) is 0.286. The van der Waals surface area contributed by atoms with Crippen molar-refractivity contribution in [1.29, 1.82) is 0 Å². The lowest BCUT2D eigenvalue weighted by Crippen LogP contribution is -2.34. The molecule has 6 nitrogen and oxygen atoms in total. The first-order chi connectivity index (χ1) is 13.7. The molecular formula is C21H21ClN2O4S. The predicted molar refractivity (Wildman–Crippen MR) is 114 cm³/mol. The fourth-order valence-electron chi connectivity index (χ4n) is 3.26. The standard InChI is InChI=1S/C21H21ClN2O4S/c1-5-28-19(25)11-23-20(26)18(29-21(23)27)10-15-9-12(2)24(14(15)4)17-8-6-7-16(22)13(17)3/h6-10H,5,11H2,1-4H3/b18-10+. The number of amides is 2. The maximum Gasteiger partial charge on any atom is 0.326 e. The van der Waals surface area contributed by atoms with Crippen molar-refractivity contribution in [3.05, 3.63) is 56.7 Å². The number of hydrogen-bond acceptors (Lipinski definition) is 5. The van der Waals surface area contributed by atoms with Gasteiger partial charge < -0.3 is 9.30 Å². The van der Waals surface area contributed by atoms with Crippen molar-refractivity contribution in [2.75, 3.05) is 13.2 Å². The van der Waals surface area contributed by atoms with E-state index >= 15 is 0 Å². The quantitative estimate of drug-likeness (QED) is 0.508. The van der Waals surface area contributed by atoms with Crippen molar-refractivity contribution in [1.82, 2.24) is 9.47 Å². The summed E-state index contributed by atoms with van der Waals surface area (Å²) in [4.78, 5) is 37.7. The first-order valence-electron chi connectivity index (χ1n) is 9.10. The molecule has 0 bridgehead atoms. The van der Waals surface area contributed by atoms with Crippen LogP contribution in [0.3, 0.4) is 0 Å². The molecule has 1 aromatic carbocycles. The highest BCUT2D eigenvalue weighted by atomic mass is 35.5. The lowest BCUT2D eigenvalue weighted by atomic mass is 10.2. The molecule has 0 spiro atoms. The molecule has 0 unspecified atom stereocenters. The van der Waals surface area contributed by atoms with Crippen molar-refractivity contribution >= 4 is 46.6 Å². The number of carbonyl (C=O) groups is 3. The van der Waals surface area contributed by atoms with Crippen LogP contribution >= 0.6 is 23.4 Å². The minimum atomic E-state index is -0.606. The average Bonchev–Trinajstić information content (AvgIpc) is 3.08. The van der Waals surface area contributed by atoms with Gasteiger partial charge in [-0.05, 0) is 74.9 Å². The highest BCUT2D eigenvalue weighted by molar-refractivity contribution is 8.18. The van der Waals surface area contributed by atoms with Gasteiger partial charge in [-0.3, -0.25) is 19.3 Å². The molecule has 29 heavy (non-hydrogen) atoms. The first-order valence-corrected chi connectivity index (χ1v) is 10.3. The van der Waals surface area contributed by atoms with E-state index in [4.69, 9.17) is 16.3 Å². The second-order valence-electron chi connectivity index (χ2n) is 6.62. The third kappa shape index (κ3) is 4.11. The number of benzene rings is 1. The molecule has 1 saturated heterocycles. The molecule has 2 amide bonds. The minimum absolute atomic E-state index is 0.194. The SMILES string of the molecule is CCOC(=O)CN1C(=O)S/C(=C/c2cc(C)n(-c3cccc(Cl)c3C)c2C)C1=O. The maximum absolute atomic E-state index is 12.6. The molecule has 1 aliphatic rings. The van der Waals surface area contributed by atoms with Crippen molar-refractivity contribution in [2.45, 2.75) is 27.7 Å². The van der Waals surface area contributed by atoms with Crippen LogP contribution in [0, 0.1) is 20.8 Å². The summed E-state index contributed by atoms with van der Waals surface area (Å²) in [6, 6.07) is 7.67. The molecule has 3 rings (SSSR count). The molecule has 152 valence electrons. The van der Waals surface area contributed by atoms with Crippen LogP contribution in [0.2, 0.25) is 5.02 Å². The van der Waals surface area contributed by atoms with Crippen LogP contribution in [0.4, 0.5) is 4.79 Å². The number of carbonyl (C=O) groups excluding carboxylic acids is 3. The smallest absolute Gasteiger partial charge is 0.326 e. The molecule has 2 aromatic rings. The van der Waals surface area contributed by atoms with Gasteiger partial charge in [-0.2, -0.15) is 0 Å². The van der Waals surface area contributed by atoms with E-state index in [9.17, 15) is 14.4 Å². The van der Waals surface area contributed by atoms with E-state index in [1.807, 2.05) is 45.0 Å². The molecule has 8 heteroatoms. The van der Waals surface area contributed by atoms with Gasteiger partial charge in [0, 0.05) is 22.1 Å². The number of hydrogen-bond donors (Lipinski definition) is 0. The van der Waals surface area contributed by atoms with Crippen LogP contribution in [0.25, 0.3) is 11.8 Å². The number of imide groups is 1. The van der Waals surface area contributed by atoms with E-state index in [-0.39, 0.29) is 18.1 Å². The van der Waals surface area contributed by atoms with E-state index in [2.05, 4.69) is 4.57 Å². The topological polar surface area (TPSA) is 68.6 Å². The van der Waals surface area contributed by atoms with Gasteiger partial charge >= 0.3 is 5.97 Å². The largest absolute Gasteiger partial charge is 0.465 e. The Morgan fingerprint density at radius 2 is 1.97 bits per heavy atom. The second kappa shape index (κ2) is 8.47. The van der Waals surface area contributed by atoms with Gasteiger partial charge in [0.15, 0.2) is 0 Å². The molecule has 1 aliphatic heterocycles. The third-order valence-electron chi connectivity index (χ3n) is 4.70. The average molecular weight is 433 g/mol. The number of aromatic nitrogens is 1. The molecule has 0 radical (unpaired) electrons. The molecule has 2 heterocycles. The summed E-state index contributed by atoms with van der Waals surface area (Å²) in [5, 5.41) is 0.199. The Balaban J connectivity index is 1.94. The third-order valence-corrected chi connectivity index (χ3v) is 6.02. The zero-order valence-electron chi connectivity index (χ0n) is 16.6. The Hall–Kier alpha value is -2.51. The van der Waals surface area contributed by atoms with E-state index < -0.39 is 17.1 Å². The summed E-state index contributed by atoms with van der Waals surface area (Å²) in [5.41, 5.74) is 4.64. The van der Waals surface area contributed by atoms with Crippen LogP contribution in [-0.4, -0.2) is 39.7 Å². The number of aryl methyl sites for hydroxylation is 1. The van der Waals surface area contributed by atoms with E-state index in [0.717, 1.165) is 44.9 Å². The Morgan fingerprint density at radius 3 is 2.66 bits per heavy atom. The Morgan fingerprint density at radius 1 is 1.24 bits per heavy atom. The molecule has 0 N–H and O–H groups in total. The summed E-state index contributed by atoms with van der Waals surface area (Å²) in [6.45, 7) is 7.36. The second-order valence-corrected chi connectivity index (χ2v) is 8.02. The summed E-state index contributed by atoms with van der Waals surface area (Å²) >= 11 is 7.10. The lowest BCUT2D eigenvalue weighted by Gasteiger charge is -2.13. The summed E-state index contributed by atoms with van der Waals surface area (Å²) < 4.78 is 6.90. The van der Waals surface area contributed by atoms with Gasteiger partial charge in [-0.1, -0.05) is 17.7 Å². The van der Waals surface area contributed by atoms with Crippen molar-refractivity contribution in [2.24, 2.45) is 0 Å². The number of thioether (sulfide) groups is 1. The summed E-state index contributed by atoms with van der Waals surface area (Å²) in [5.74, 6) is -1.09. The highest BCUT2D eigenvalue weighted by Crippen LogP contribution is 2.34. The van der Waals surface area contributed by atoms with Gasteiger partial charge in [-0.25, -0.2) is 0 Å². The zero-order chi connectivity index (χ0) is 21.3. The predicted octanol–water partition coefficient (Wildman–Crippen LogP) is 4.66. The van der Waals surface area contributed by atoms with Gasteiger partial charge in [0.05, 0.1) is 11.5 Å². The van der Waals surface area contributed by atoms with Gasteiger partial charge in [0.1, 0.15) is 6.54 Å². The Labute approximate surface area is 178 Å². The van der Waals surface area contributed by atoms with Crippen LogP contribution < -0.4 is 0 Å². The van der Waals surface area contributed by atoms with E-state index in [0.29, 0.717) is 5.02 Å². The van der Waals surface area contributed by atoms with Crippen LogP contribution in [0.5, 0.6) is 0 Å². The molecule has 0 aliphatic carbocycles. The normalized spacial score (nSPS) is 15.5. The van der Waals surface area contributed by atoms with Crippen LogP contribution in [-0.2, 0) is 14.3 Å². The number of esters is 1.